The Kier molecular flexibility index (Phi) is 7.38. The van der Waals surface area contributed by atoms with Crippen molar-refractivity contribution in [2.45, 2.75) is 45.4 Å². The Morgan fingerprint density at radius 1 is 1.03 bits per heavy atom. The van der Waals surface area contributed by atoms with Crippen molar-refractivity contribution < 1.29 is 14.1 Å². The molecule has 0 spiro atoms. The average Bonchev–Trinajstić information content (AvgIpc) is 3.12. The monoisotopic (exact) mass is 434 g/mol. The maximum Gasteiger partial charge on any atom is 0.227 e. The number of amides is 1. The van der Waals surface area contributed by atoms with Crippen molar-refractivity contribution in [2.75, 3.05) is 29.9 Å². The van der Waals surface area contributed by atoms with Crippen LogP contribution in [0.2, 0.25) is 0 Å². The van der Waals surface area contributed by atoms with Gasteiger partial charge in [-0.3, -0.25) is 4.79 Å². The summed E-state index contributed by atoms with van der Waals surface area (Å²) >= 11 is 0. The van der Waals surface area contributed by atoms with E-state index in [1.165, 1.54) is 31.4 Å². The molecule has 0 unspecified atom stereocenters. The van der Waals surface area contributed by atoms with E-state index in [0.717, 1.165) is 30.1 Å². The Morgan fingerprint density at radius 2 is 1.75 bits per heavy atom. The van der Waals surface area contributed by atoms with Crippen LogP contribution >= 0.6 is 0 Å². The van der Waals surface area contributed by atoms with Crippen molar-refractivity contribution in [1.82, 2.24) is 10.1 Å². The summed E-state index contributed by atoms with van der Waals surface area (Å²) in [5.41, 5.74) is 2.86. The summed E-state index contributed by atoms with van der Waals surface area (Å²) < 4.78 is 10.8. The molecule has 168 valence electrons. The Labute approximate surface area is 188 Å². The van der Waals surface area contributed by atoms with E-state index in [1.807, 2.05) is 43.3 Å². The zero-order chi connectivity index (χ0) is 22.2. The summed E-state index contributed by atoms with van der Waals surface area (Å²) in [6.07, 6.45) is 5.78. The second kappa shape index (κ2) is 10.8. The van der Waals surface area contributed by atoms with Crippen LogP contribution in [-0.2, 0) is 11.2 Å². The molecule has 0 radical (unpaired) electrons. The lowest BCUT2D eigenvalue weighted by atomic mass is 10.2. The highest BCUT2D eigenvalue weighted by atomic mass is 16.5. The Balaban J connectivity index is 1.27. The Bertz CT molecular complexity index is 991. The normalized spacial score (nSPS) is 14.1. The number of rotatable bonds is 8. The molecule has 7 heteroatoms. The number of carbonyl (C=O) groups is 1. The number of nitrogens with one attached hydrogen (secondary N) is 1. The topological polar surface area (TPSA) is 80.5 Å². The summed E-state index contributed by atoms with van der Waals surface area (Å²) in [4.78, 5) is 19.2. The van der Waals surface area contributed by atoms with Crippen LogP contribution in [0.3, 0.4) is 0 Å². The first-order valence-corrected chi connectivity index (χ1v) is 11.4. The predicted octanol–water partition coefficient (Wildman–Crippen LogP) is 5.09. The number of aromatic nitrogens is 2. The number of nitrogens with zero attached hydrogens (tertiary/aromatic N) is 3. The van der Waals surface area contributed by atoms with Gasteiger partial charge in [-0.2, -0.15) is 4.98 Å². The molecule has 4 rings (SSSR count). The fourth-order valence-corrected chi connectivity index (χ4v) is 3.87. The second-order valence-corrected chi connectivity index (χ2v) is 7.97. The highest BCUT2D eigenvalue weighted by Crippen LogP contribution is 2.22. The van der Waals surface area contributed by atoms with Gasteiger partial charge in [0.2, 0.25) is 17.6 Å². The first-order valence-electron chi connectivity index (χ1n) is 11.4. The molecule has 1 amide bonds. The van der Waals surface area contributed by atoms with E-state index < -0.39 is 0 Å². The quantitative estimate of drug-likeness (QED) is 0.532. The molecule has 32 heavy (non-hydrogen) atoms. The standard InChI is InChI=1S/C25H30N4O3/c1-2-31-22-13-7-19(8-14-22)25-27-24(32-28-25)16-15-23(30)26-20-9-11-21(12-10-20)29-17-5-3-4-6-18-29/h7-14H,2-6,15-18H2,1H3,(H,26,30). The molecule has 1 saturated heterocycles. The van der Waals surface area contributed by atoms with E-state index in [9.17, 15) is 4.79 Å². The molecule has 1 aliphatic heterocycles. The number of carbonyl (C=O) groups excluding carboxylic acids is 1. The number of aryl methyl sites for hydroxylation is 1. The van der Waals surface area contributed by atoms with Gasteiger partial charge in [-0.05, 0) is 68.3 Å². The first kappa shape index (κ1) is 21.9. The lowest BCUT2D eigenvalue weighted by molar-refractivity contribution is -0.116. The largest absolute Gasteiger partial charge is 0.494 e. The average molecular weight is 435 g/mol. The summed E-state index contributed by atoms with van der Waals surface area (Å²) in [5, 5.41) is 6.97. The third-order valence-electron chi connectivity index (χ3n) is 5.58. The summed E-state index contributed by atoms with van der Waals surface area (Å²) in [6, 6.07) is 15.6. The molecular formula is C25H30N4O3. The molecule has 2 heterocycles. The zero-order valence-electron chi connectivity index (χ0n) is 18.5. The van der Waals surface area contributed by atoms with Crippen molar-refractivity contribution >= 4 is 17.3 Å². The molecule has 1 aliphatic rings. The van der Waals surface area contributed by atoms with E-state index in [-0.39, 0.29) is 12.3 Å². The van der Waals surface area contributed by atoms with Gasteiger partial charge in [-0.15, -0.1) is 0 Å². The lowest BCUT2D eigenvalue weighted by Gasteiger charge is -2.22. The molecular weight excluding hydrogens is 404 g/mol. The fraction of sp³-hybridized carbons (Fsp3) is 0.400. The highest BCUT2D eigenvalue weighted by Gasteiger charge is 2.12. The van der Waals surface area contributed by atoms with Gasteiger partial charge in [0.1, 0.15) is 5.75 Å². The molecule has 3 aromatic rings. The molecule has 1 aromatic heterocycles. The lowest BCUT2D eigenvalue weighted by Crippen LogP contribution is -2.23. The zero-order valence-corrected chi connectivity index (χ0v) is 18.5. The first-order chi connectivity index (χ1) is 15.7. The van der Waals surface area contributed by atoms with Crippen molar-refractivity contribution in [2.24, 2.45) is 0 Å². The number of anilines is 2. The van der Waals surface area contributed by atoms with Gasteiger partial charge >= 0.3 is 0 Å². The second-order valence-electron chi connectivity index (χ2n) is 7.97. The number of hydrogen-bond donors (Lipinski definition) is 1. The third kappa shape index (κ3) is 5.87. The van der Waals surface area contributed by atoms with Crippen LogP contribution in [0, 0.1) is 0 Å². The van der Waals surface area contributed by atoms with Gasteiger partial charge in [-0.25, -0.2) is 0 Å². The van der Waals surface area contributed by atoms with Gasteiger partial charge in [0.05, 0.1) is 6.61 Å². The summed E-state index contributed by atoms with van der Waals surface area (Å²) in [7, 11) is 0. The summed E-state index contributed by atoms with van der Waals surface area (Å²) in [6.45, 7) is 4.78. The van der Waals surface area contributed by atoms with Crippen LogP contribution in [0.5, 0.6) is 5.75 Å². The maximum absolute atomic E-state index is 12.4. The fourth-order valence-electron chi connectivity index (χ4n) is 3.87. The van der Waals surface area contributed by atoms with E-state index in [4.69, 9.17) is 9.26 Å². The Morgan fingerprint density at radius 3 is 2.44 bits per heavy atom. The van der Waals surface area contributed by atoms with Crippen LogP contribution in [-0.4, -0.2) is 35.7 Å². The van der Waals surface area contributed by atoms with Crippen molar-refractivity contribution in [3.8, 4) is 17.1 Å². The summed E-state index contributed by atoms with van der Waals surface area (Å²) in [5.74, 6) is 1.68. The van der Waals surface area contributed by atoms with E-state index in [2.05, 4.69) is 32.5 Å². The van der Waals surface area contributed by atoms with Crippen molar-refractivity contribution in [3.05, 3.63) is 54.4 Å². The molecule has 0 atom stereocenters. The minimum Gasteiger partial charge on any atom is -0.494 e. The smallest absolute Gasteiger partial charge is 0.227 e. The van der Waals surface area contributed by atoms with Gasteiger partial charge in [0.25, 0.3) is 0 Å². The predicted molar refractivity (Wildman–Crippen MR) is 125 cm³/mol. The van der Waals surface area contributed by atoms with Gasteiger partial charge in [-0.1, -0.05) is 18.0 Å². The van der Waals surface area contributed by atoms with E-state index in [1.54, 1.807) is 0 Å². The van der Waals surface area contributed by atoms with Gasteiger partial charge in [0.15, 0.2) is 0 Å². The number of benzene rings is 2. The van der Waals surface area contributed by atoms with Gasteiger partial charge < -0.3 is 19.5 Å². The van der Waals surface area contributed by atoms with Crippen LogP contribution in [0.1, 0.15) is 44.9 Å². The van der Waals surface area contributed by atoms with Crippen LogP contribution in [0.4, 0.5) is 11.4 Å². The van der Waals surface area contributed by atoms with E-state index >= 15 is 0 Å². The van der Waals surface area contributed by atoms with Crippen LogP contribution in [0.25, 0.3) is 11.4 Å². The molecule has 1 fully saturated rings. The molecule has 0 aliphatic carbocycles. The third-order valence-corrected chi connectivity index (χ3v) is 5.58. The minimum absolute atomic E-state index is 0.0756. The highest BCUT2D eigenvalue weighted by molar-refractivity contribution is 5.91. The van der Waals surface area contributed by atoms with Gasteiger partial charge in [0, 0.05) is 42.9 Å². The Hall–Kier alpha value is -3.35. The maximum atomic E-state index is 12.4. The number of hydrogen-bond acceptors (Lipinski definition) is 6. The SMILES string of the molecule is CCOc1ccc(-c2noc(CCC(=O)Nc3ccc(N4CCCCCC4)cc3)n2)cc1. The van der Waals surface area contributed by atoms with Crippen molar-refractivity contribution in [3.63, 3.8) is 0 Å². The molecule has 0 saturated carbocycles. The van der Waals surface area contributed by atoms with Crippen LogP contribution < -0.4 is 15.0 Å². The number of ether oxygens (including phenoxy) is 1. The molecule has 1 N–H and O–H groups in total. The van der Waals surface area contributed by atoms with Crippen LogP contribution in [0.15, 0.2) is 53.1 Å². The molecule has 0 bridgehead atoms. The molecule has 2 aromatic carbocycles. The minimum atomic E-state index is -0.0756. The van der Waals surface area contributed by atoms with Crippen molar-refractivity contribution in [1.29, 1.82) is 0 Å². The van der Waals surface area contributed by atoms with E-state index in [0.29, 0.717) is 24.7 Å². The molecule has 7 nitrogen and oxygen atoms in total.